The van der Waals surface area contributed by atoms with Crippen LogP contribution < -0.4 is 10.5 Å². The van der Waals surface area contributed by atoms with Crippen molar-refractivity contribution in [3.63, 3.8) is 0 Å². The number of anilines is 1. The first-order valence-electron chi connectivity index (χ1n) is 7.72. The molecular weight excluding hydrogens is 419 g/mol. The predicted octanol–water partition coefficient (Wildman–Crippen LogP) is 3.48. The molecule has 0 amide bonds. The van der Waals surface area contributed by atoms with Gasteiger partial charge >= 0.3 is 0 Å². The van der Waals surface area contributed by atoms with E-state index in [2.05, 4.69) is 36.4 Å². The van der Waals surface area contributed by atoms with Crippen LogP contribution in [0.3, 0.4) is 0 Å². The molecule has 0 aliphatic rings. The lowest BCUT2D eigenvalue weighted by molar-refractivity contribution is 0.414. The highest BCUT2D eigenvalue weighted by Gasteiger charge is 2.21. The molecule has 10 heteroatoms. The lowest BCUT2D eigenvalue weighted by atomic mass is 10.2. The summed E-state index contributed by atoms with van der Waals surface area (Å²) in [5, 5.41) is 11.8. The number of nitrogens with two attached hydrogens (primary N) is 1. The Morgan fingerprint density at radius 2 is 1.96 bits per heavy atom. The van der Waals surface area contributed by atoms with Crippen LogP contribution in [0.4, 0.5) is 10.2 Å². The van der Waals surface area contributed by atoms with Crippen molar-refractivity contribution in [2.45, 2.75) is 0 Å². The molecule has 2 N–H and O–H groups in total. The summed E-state index contributed by atoms with van der Waals surface area (Å²) >= 11 is 3.21. The van der Waals surface area contributed by atoms with Crippen LogP contribution in [0.15, 0.2) is 51.5 Å². The topological polar surface area (TPSA) is 105 Å². The number of rotatable bonds is 4. The molecule has 0 aliphatic carbocycles. The Labute approximate surface area is 160 Å². The van der Waals surface area contributed by atoms with E-state index in [9.17, 15) is 4.39 Å². The van der Waals surface area contributed by atoms with Gasteiger partial charge in [-0.05, 0) is 42.5 Å². The predicted molar refractivity (Wildman–Crippen MR) is 98.7 cm³/mol. The third kappa shape index (κ3) is 3.14. The second kappa shape index (κ2) is 6.80. The number of hydrogen-bond donors (Lipinski definition) is 1. The standard InChI is InChI=1S/C17H12BrFN6O2/c1-26-11-5-2-9(3-6-11)16-21-17(27-23-16)14-15(20)25(24-22-14)13-7-4-10(18)8-12(13)19/h2-8H,20H2,1H3. The largest absolute Gasteiger partial charge is 0.497 e. The summed E-state index contributed by atoms with van der Waals surface area (Å²) in [5.74, 6) is 0.739. The van der Waals surface area contributed by atoms with Crippen molar-refractivity contribution in [2.75, 3.05) is 12.8 Å². The van der Waals surface area contributed by atoms with Gasteiger partial charge < -0.3 is 15.0 Å². The van der Waals surface area contributed by atoms with Crippen LogP contribution in [0.5, 0.6) is 5.75 Å². The second-order valence-corrected chi connectivity index (χ2v) is 6.40. The fourth-order valence-corrected chi connectivity index (χ4v) is 2.78. The second-order valence-electron chi connectivity index (χ2n) is 5.48. The van der Waals surface area contributed by atoms with Crippen molar-refractivity contribution in [1.29, 1.82) is 0 Å². The van der Waals surface area contributed by atoms with Crippen LogP contribution in [-0.2, 0) is 0 Å². The minimum absolute atomic E-state index is 0.0844. The van der Waals surface area contributed by atoms with Crippen molar-refractivity contribution in [3.05, 3.63) is 52.8 Å². The zero-order chi connectivity index (χ0) is 19.0. The van der Waals surface area contributed by atoms with Gasteiger partial charge in [0.2, 0.25) is 5.82 Å². The average molecular weight is 431 g/mol. The number of nitrogens with zero attached hydrogens (tertiary/aromatic N) is 5. The summed E-state index contributed by atoms with van der Waals surface area (Å²) in [7, 11) is 1.59. The number of methoxy groups -OCH3 is 1. The van der Waals surface area contributed by atoms with Crippen LogP contribution >= 0.6 is 15.9 Å². The van der Waals surface area contributed by atoms with E-state index in [-0.39, 0.29) is 23.1 Å². The highest BCUT2D eigenvalue weighted by atomic mass is 79.9. The molecule has 0 unspecified atom stereocenters. The lowest BCUT2D eigenvalue weighted by Gasteiger charge is -2.04. The Morgan fingerprint density at radius 3 is 2.67 bits per heavy atom. The fraction of sp³-hybridized carbons (Fsp3) is 0.0588. The van der Waals surface area contributed by atoms with E-state index in [0.717, 1.165) is 5.56 Å². The molecule has 2 heterocycles. The van der Waals surface area contributed by atoms with Gasteiger partial charge in [0.15, 0.2) is 11.5 Å². The molecule has 2 aromatic heterocycles. The van der Waals surface area contributed by atoms with Gasteiger partial charge in [-0.15, -0.1) is 5.10 Å². The van der Waals surface area contributed by atoms with Gasteiger partial charge in [0.1, 0.15) is 17.3 Å². The summed E-state index contributed by atoms with van der Waals surface area (Å²) in [5.41, 5.74) is 7.14. The average Bonchev–Trinajstić information content (AvgIpc) is 3.29. The molecule has 0 spiro atoms. The highest BCUT2D eigenvalue weighted by molar-refractivity contribution is 9.10. The molecule has 4 rings (SSSR count). The smallest absolute Gasteiger partial charge is 0.282 e. The van der Waals surface area contributed by atoms with Gasteiger partial charge in [-0.1, -0.05) is 26.3 Å². The van der Waals surface area contributed by atoms with E-state index in [1.54, 1.807) is 37.4 Å². The third-order valence-corrected chi connectivity index (χ3v) is 4.31. The maximum Gasteiger partial charge on any atom is 0.282 e. The van der Waals surface area contributed by atoms with Gasteiger partial charge in [0, 0.05) is 10.0 Å². The lowest BCUT2D eigenvalue weighted by Crippen LogP contribution is -2.04. The van der Waals surface area contributed by atoms with Gasteiger partial charge in [-0.25, -0.2) is 4.39 Å². The number of ether oxygens (including phenoxy) is 1. The normalized spacial score (nSPS) is 10.9. The first kappa shape index (κ1) is 17.2. The number of halogens is 2. The molecule has 0 saturated heterocycles. The molecule has 0 fully saturated rings. The van der Waals surface area contributed by atoms with Gasteiger partial charge in [-0.2, -0.15) is 9.67 Å². The van der Waals surface area contributed by atoms with Gasteiger partial charge in [0.05, 0.1) is 7.11 Å². The molecular formula is C17H12BrFN6O2. The summed E-state index contributed by atoms with van der Waals surface area (Å²) < 4.78 is 26.3. The molecule has 27 heavy (non-hydrogen) atoms. The Kier molecular flexibility index (Phi) is 4.32. The van der Waals surface area contributed by atoms with E-state index in [1.165, 1.54) is 16.8 Å². The molecule has 136 valence electrons. The Morgan fingerprint density at radius 1 is 1.19 bits per heavy atom. The molecule has 2 aromatic carbocycles. The monoisotopic (exact) mass is 430 g/mol. The molecule has 0 radical (unpaired) electrons. The zero-order valence-electron chi connectivity index (χ0n) is 13.9. The van der Waals surface area contributed by atoms with Gasteiger partial charge in [-0.3, -0.25) is 0 Å². The molecule has 0 saturated carbocycles. The quantitative estimate of drug-likeness (QED) is 0.528. The van der Waals surface area contributed by atoms with Crippen LogP contribution in [0.2, 0.25) is 0 Å². The minimum Gasteiger partial charge on any atom is -0.497 e. The zero-order valence-corrected chi connectivity index (χ0v) is 15.5. The molecule has 0 bridgehead atoms. The van der Waals surface area contributed by atoms with Crippen molar-refractivity contribution >= 4 is 21.7 Å². The first-order chi connectivity index (χ1) is 13.1. The van der Waals surface area contributed by atoms with Crippen LogP contribution in [0.1, 0.15) is 0 Å². The summed E-state index contributed by atoms with van der Waals surface area (Å²) in [6.07, 6.45) is 0. The van der Waals surface area contributed by atoms with Crippen LogP contribution in [-0.4, -0.2) is 32.2 Å². The maximum atomic E-state index is 14.2. The van der Waals surface area contributed by atoms with E-state index in [4.69, 9.17) is 15.0 Å². The summed E-state index contributed by atoms with van der Waals surface area (Å²) in [6, 6.07) is 11.7. The Bertz CT molecular complexity index is 1110. The van der Waals surface area contributed by atoms with Crippen molar-refractivity contribution < 1.29 is 13.7 Å². The third-order valence-electron chi connectivity index (χ3n) is 3.82. The Balaban J connectivity index is 1.69. The summed E-state index contributed by atoms with van der Waals surface area (Å²) in [6.45, 7) is 0. The van der Waals surface area contributed by atoms with E-state index in [0.29, 0.717) is 16.0 Å². The number of aromatic nitrogens is 5. The van der Waals surface area contributed by atoms with E-state index in [1.807, 2.05) is 0 Å². The van der Waals surface area contributed by atoms with E-state index >= 15 is 0 Å². The molecule has 0 atom stereocenters. The van der Waals surface area contributed by atoms with E-state index < -0.39 is 5.82 Å². The highest BCUT2D eigenvalue weighted by Crippen LogP contribution is 2.28. The number of nitrogen functional groups attached to an aromatic ring is 1. The summed E-state index contributed by atoms with van der Waals surface area (Å²) in [4.78, 5) is 4.29. The Hall–Kier alpha value is -3.27. The maximum absolute atomic E-state index is 14.2. The fourth-order valence-electron chi connectivity index (χ4n) is 2.45. The van der Waals surface area contributed by atoms with Crippen molar-refractivity contribution in [2.24, 2.45) is 0 Å². The molecule has 4 aromatic rings. The van der Waals surface area contributed by atoms with Crippen molar-refractivity contribution in [1.82, 2.24) is 25.1 Å². The van der Waals surface area contributed by atoms with Gasteiger partial charge in [0.25, 0.3) is 5.89 Å². The van der Waals surface area contributed by atoms with Crippen LogP contribution in [0, 0.1) is 5.82 Å². The molecule has 0 aliphatic heterocycles. The molecule has 8 nitrogen and oxygen atoms in total. The SMILES string of the molecule is COc1ccc(-c2noc(-c3nnn(-c4ccc(Br)cc4F)c3N)n2)cc1. The first-order valence-corrected chi connectivity index (χ1v) is 8.51. The van der Waals surface area contributed by atoms with Crippen LogP contribution in [0.25, 0.3) is 28.7 Å². The van der Waals surface area contributed by atoms with Crippen molar-refractivity contribution in [3.8, 4) is 34.4 Å². The number of hydrogen-bond acceptors (Lipinski definition) is 7. The number of benzene rings is 2. The minimum atomic E-state index is -0.503.